The van der Waals surface area contributed by atoms with Crippen molar-refractivity contribution in [2.24, 2.45) is 0 Å². The normalized spacial score (nSPS) is 10.9. The standard InChI is InChI=1S/C14H17NO3S/c1-14(2,3)18-13(17)9-19-12-5-4-10(8-16)6-11(12)7-15/h4-6,16H,8-9H2,1-3H3. The maximum absolute atomic E-state index is 11.6. The minimum atomic E-state index is -0.504. The summed E-state index contributed by atoms with van der Waals surface area (Å²) in [7, 11) is 0. The van der Waals surface area contributed by atoms with Crippen LogP contribution >= 0.6 is 11.8 Å². The Kier molecular flexibility index (Phi) is 5.40. The van der Waals surface area contributed by atoms with Crippen LogP contribution in [-0.2, 0) is 16.1 Å². The summed E-state index contributed by atoms with van der Waals surface area (Å²) in [5.41, 5.74) is 0.634. The first kappa shape index (κ1) is 15.5. The molecule has 0 radical (unpaired) electrons. The van der Waals surface area contributed by atoms with Crippen molar-refractivity contribution < 1.29 is 14.6 Å². The number of benzene rings is 1. The third-order valence-electron chi connectivity index (χ3n) is 2.11. The van der Waals surface area contributed by atoms with Crippen LogP contribution in [-0.4, -0.2) is 22.4 Å². The van der Waals surface area contributed by atoms with Crippen LogP contribution < -0.4 is 0 Å². The van der Waals surface area contributed by atoms with E-state index in [4.69, 9.17) is 15.1 Å². The Morgan fingerprint density at radius 3 is 2.68 bits per heavy atom. The highest BCUT2D eigenvalue weighted by Crippen LogP contribution is 2.24. The van der Waals surface area contributed by atoms with Crippen LogP contribution in [0.2, 0.25) is 0 Å². The van der Waals surface area contributed by atoms with Crippen LogP contribution in [0.1, 0.15) is 31.9 Å². The molecule has 0 saturated carbocycles. The zero-order chi connectivity index (χ0) is 14.5. The molecule has 0 heterocycles. The number of nitriles is 1. The summed E-state index contributed by atoms with van der Waals surface area (Å²) < 4.78 is 5.20. The number of nitrogens with zero attached hydrogens (tertiary/aromatic N) is 1. The van der Waals surface area contributed by atoms with Crippen molar-refractivity contribution >= 4 is 17.7 Å². The monoisotopic (exact) mass is 279 g/mol. The second-order valence-electron chi connectivity index (χ2n) is 4.98. The molecule has 0 amide bonds. The molecule has 0 spiro atoms. The molecule has 0 bridgehead atoms. The lowest BCUT2D eigenvalue weighted by atomic mass is 10.1. The van der Waals surface area contributed by atoms with E-state index in [9.17, 15) is 4.79 Å². The molecule has 1 aromatic rings. The van der Waals surface area contributed by atoms with Gasteiger partial charge in [0.15, 0.2) is 0 Å². The lowest BCUT2D eigenvalue weighted by molar-refractivity contribution is -0.151. The Hall–Kier alpha value is -1.51. The van der Waals surface area contributed by atoms with Crippen molar-refractivity contribution in [3.8, 4) is 6.07 Å². The second-order valence-corrected chi connectivity index (χ2v) is 5.99. The number of thioether (sulfide) groups is 1. The number of hydrogen-bond donors (Lipinski definition) is 1. The smallest absolute Gasteiger partial charge is 0.316 e. The highest BCUT2D eigenvalue weighted by molar-refractivity contribution is 8.00. The number of ether oxygens (including phenoxy) is 1. The van der Waals surface area contributed by atoms with Crippen LogP contribution in [0, 0.1) is 11.3 Å². The first-order chi connectivity index (χ1) is 8.85. The Labute approximate surface area is 117 Å². The number of aliphatic hydroxyl groups is 1. The molecule has 102 valence electrons. The van der Waals surface area contributed by atoms with Gasteiger partial charge in [0.1, 0.15) is 11.7 Å². The average molecular weight is 279 g/mol. The molecule has 0 aliphatic rings. The third-order valence-corrected chi connectivity index (χ3v) is 3.16. The molecule has 0 unspecified atom stereocenters. The van der Waals surface area contributed by atoms with Gasteiger partial charge in [-0.25, -0.2) is 0 Å². The van der Waals surface area contributed by atoms with Crippen LogP contribution in [0.4, 0.5) is 0 Å². The first-order valence-electron chi connectivity index (χ1n) is 5.84. The molecule has 19 heavy (non-hydrogen) atoms. The largest absolute Gasteiger partial charge is 0.459 e. The molecule has 1 rings (SSSR count). The fraction of sp³-hybridized carbons (Fsp3) is 0.429. The SMILES string of the molecule is CC(C)(C)OC(=O)CSc1ccc(CO)cc1C#N. The first-order valence-corrected chi connectivity index (χ1v) is 6.83. The molecule has 1 N–H and O–H groups in total. The lowest BCUT2D eigenvalue weighted by Crippen LogP contribution is -2.24. The predicted octanol–water partition coefficient (Wildman–Crippen LogP) is 2.48. The molecule has 4 nitrogen and oxygen atoms in total. The maximum atomic E-state index is 11.6. The third kappa shape index (κ3) is 5.33. The van der Waals surface area contributed by atoms with Crippen molar-refractivity contribution in [3.05, 3.63) is 29.3 Å². The quantitative estimate of drug-likeness (QED) is 0.677. The summed E-state index contributed by atoms with van der Waals surface area (Å²) in [5.74, 6) is -0.155. The zero-order valence-corrected chi connectivity index (χ0v) is 12.1. The van der Waals surface area contributed by atoms with E-state index in [1.54, 1.807) is 18.2 Å². The van der Waals surface area contributed by atoms with Gasteiger partial charge in [-0.05, 0) is 38.5 Å². The fourth-order valence-electron chi connectivity index (χ4n) is 1.40. The minimum absolute atomic E-state index is 0.105. The molecule has 0 saturated heterocycles. The summed E-state index contributed by atoms with van der Waals surface area (Å²) >= 11 is 1.26. The highest BCUT2D eigenvalue weighted by atomic mass is 32.2. The molecule has 1 aromatic carbocycles. The number of carbonyl (C=O) groups excluding carboxylic acids is 1. The zero-order valence-electron chi connectivity index (χ0n) is 11.3. The number of hydrogen-bond acceptors (Lipinski definition) is 5. The predicted molar refractivity (Wildman–Crippen MR) is 73.6 cm³/mol. The number of esters is 1. The van der Waals surface area contributed by atoms with Crippen molar-refractivity contribution in [3.63, 3.8) is 0 Å². The Bertz CT molecular complexity index is 500. The van der Waals surface area contributed by atoms with E-state index in [0.29, 0.717) is 16.0 Å². The van der Waals surface area contributed by atoms with Gasteiger partial charge in [-0.1, -0.05) is 6.07 Å². The summed E-state index contributed by atoms with van der Waals surface area (Å²) in [5, 5.41) is 18.0. The topological polar surface area (TPSA) is 70.3 Å². The summed E-state index contributed by atoms with van der Waals surface area (Å²) in [6.07, 6.45) is 0. The summed E-state index contributed by atoms with van der Waals surface area (Å²) in [4.78, 5) is 12.3. The van der Waals surface area contributed by atoms with Crippen molar-refractivity contribution in [1.82, 2.24) is 0 Å². The van der Waals surface area contributed by atoms with Crippen LogP contribution in [0.15, 0.2) is 23.1 Å². The van der Waals surface area contributed by atoms with Crippen LogP contribution in [0.25, 0.3) is 0 Å². The van der Waals surface area contributed by atoms with Crippen molar-refractivity contribution in [2.45, 2.75) is 37.9 Å². The van der Waals surface area contributed by atoms with Gasteiger partial charge in [-0.15, -0.1) is 11.8 Å². The Morgan fingerprint density at radius 1 is 1.47 bits per heavy atom. The van der Waals surface area contributed by atoms with E-state index in [0.717, 1.165) is 0 Å². The molecule has 0 aromatic heterocycles. The summed E-state index contributed by atoms with van der Waals surface area (Å²) in [6.45, 7) is 5.33. The number of rotatable bonds is 4. The van der Waals surface area contributed by atoms with Crippen molar-refractivity contribution in [1.29, 1.82) is 5.26 Å². The van der Waals surface area contributed by atoms with Gasteiger partial charge >= 0.3 is 5.97 Å². The van der Waals surface area contributed by atoms with Gasteiger partial charge in [0.05, 0.1) is 17.9 Å². The van der Waals surface area contributed by atoms with Gasteiger partial charge in [-0.3, -0.25) is 4.79 Å². The lowest BCUT2D eigenvalue weighted by Gasteiger charge is -2.19. The molecule has 5 heteroatoms. The molecule has 0 aliphatic carbocycles. The molecule has 0 aliphatic heterocycles. The Morgan fingerprint density at radius 2 is 2.16 bits per heavy atom. The molecule has 0 fully saturated rings. The van der Waals surface area contributed by atoms with Gasteiger partial charge in [0.25, 0.3) is 0 Å². The molecular weight excluding hydrogens is 262 g/mol. The van der Waals surface area contributed by atoms with Gasteiger partial charge < -0.3 is 9.84 Å². The summed E-state index contributed by atoms with van der Waals surface area (Å²) in [6, 6.07) is 7.15. The van der Waals surface area contributed by atoms with E-state index in [2.05, 4.69) is 6.07 Å². The molecular formula is C14H17NO3S. The maximum Gasteiger partial charge on any atom is 0.316 e. The van der Waals surface area contributed by atoms with E-state index in [-0.39, 0.29) is 18.3 Å². The van der Waals surface area contributed by atoms with Gasteiger partial charge in [-0.2, -0.15) is 5.26 Å². The second kappa shape index (κ2) is 6.60. The fourth-order valence-corrected chi connectivity index (χ4v) is 2.15. The number of aliphatic hydroxyl groups excluding tert-OH is 1. The van der Waals surface area contributed by atoms with Crippen LogP contribution in [0.5, 0.6) is 0 Å². The average Bonchev–Trinajstić information content (AvgIpc) is 2.34. The van der Waals surface area contributed by atoms with Gasteiger partial charge in [0, 0.05) is 4.90 Å². The minimum Gasteiger partial charge on any atom is -0.459 e. The van der Waals surface area contributed by atoms with E-state index in [1.165, 1.54) is 11.8 Å². The van der Waals surface area contributed by atoms with E-state index in [1.807, 2.05) is 20.8 Å². The van der Waals surface area contributed by atoms with Gasteiger partial charge in [0.2, 0.25) is 0 Å². The molecule has 0 atom stereocenters. The van der Waals surface area contributed by atoms with E-state index >= 15 is 0 Å². The van der Waals surface area contributed by atoms with Crippen LogP contribution in [0.3, 0.4) is 0 Å². The van der Waals surface area contributed by atoms with E-state index < -0.39 is 5.60 Å². The highest BCUT2D eigenvalue weighted by Gasteiger charge is 2.16. The van der Waals surface area contributed by atoms with Crippen molar-refractivity contribution in [2.75, 3.05) is 5.75 Å². The number of carbonyl (C=O) groups is 1. The Balaban J connectivity index is 2.68.